The van der Waals surface area contributed by atoms with Crippen LogP contribution in [0.25, 0.3) is 0 Å². The first kappa shape index (κ1) is 12.7. The van der Waals surface area contributed by atoms with Crippen LogP contribution in [-0.2, 0) is 0 Å². The average Bonchev–Trinajstić information content (AvgIpc) is 3.13. The van der Waals surface area contributed by atoms with Gasteiger partial charge in [0.05, 0.1) is 10.6 Å². The summed E-state index contributed by atoms with van der Waals surface area (Å²) >= 11 is 11.5. The minimum Gasteiger partial charge on any atom is -0.352 e. The van der Waals surface area contributed by atoms with Crippen LogP contribution in [0.5, 0.6) is 0 Å². The summed E-state index contributed by atoms with van der Waals surface area (Å²) < 4.78 is 0. The van der Waals surface area contributed by atoms with Gasteiger partial charge in [0.2, 0.25) is 0 Å². The Morgan fingerprint density at radius 2 is 2.29 bits per heavy atom. The lowest BCUT2D eigenvalue weighted by molar-refractivity contribution is 0.0946. The maximum absolute atomic E-state index is 11.8. The third kappa shape index (κ3) is 3.33. The highest BCUT2D eigenvalue weighted by molar-refractivity contribution is 6.41. The Labute approximate surface area is 111 Å². The molecule has 5 heteroatoms. The van der Waals surface area contributed by atoms with E-state index in [9.17, 15) is 4.79 Å². The molecule has 1 aliphatic carbocycles. The first-order valence-electron chi connectivity index (χ1n) is 5.67. The van der Waals surface area contributed by atoms with E-state index in [-0.39, 0.29) is 11.1 Å². The Morgan fingerprint density at radius 3 is 2.88 bits per heavy atom. The lowest BCUT2D eigenvalue weighted by atomic mass is 10.1. The molecule has 0 bridgehead atoms. The van der Waals surface area contributed by atoms with Crippen LogP contribution in [0.2, 0.25) is 10.2 Å². The summed E-state index contributed by atoms with van der Waals surface area (Å²) in [6.07, 6.45) is 4.00. The molecule has 1 aromatic rings. The second-order valence-corrected chi connectivity index (χ2v) is 5.29. The topological polar surface area (TPSA) is 42.0 Å². The lowest BCUT2D eigenvalue weighted by Crippen LogP contribution is -2.29. The van der Waals surface area contributed by atoms with Gasteiger partial charge in [-0.1, -0.05) is 30.1 Å². The van der Waals surface area contributed by atoms with E-state index < -0.39 is 0 Å². The van der Waals surface area contributed by atoms with Crippen LogP contribution in [0.3, 0.4) is 0 Å². The van der Waals surface area contributed by atoms with Crippen LogP contribution < -0.4 is 5.32 Å². The van der Waals surface area contributed by atoms with Crippen molar-refractivity contribution in [2.75, 3.05) is 6.54 Å². The van der Waals surface area contributed by atoms with Gasteiger partial charge >= 0.3 is 0 Å². The van der Waals surface area contributed by atoms with Crippen molar-refractivity contribution in [2.24, 2.45) is 11.8 Å². The molecule has 1 saturated carbocycles. The number of hydrogen-bond acceptors (Lipinski definition) is 2. The molecule has 0 radical (unpaired) electrons. The van der Waals surface area contributed by atoms with Crippen molar-refractivity contribution in [1.82, 2.24) is 10.3 Å². The van der Waals surface area contributed by atoms with Crippen LogP contribution in [0.4, 0.5) is 0 Å². The first-order chi connectivity index (χ1) is 8.08. The van der Waals surface area contributed by atoms with Crippen molar-refractivity contribution < 1.29 is 4.79 Å². The van der Waals surface area contributed by atoms with Crippen molar-refractivity contribution in [1.29, 1.82) is 0 Å². The zero-order chi connectivity index (χ0) is 12.4. The second-order valence-electron chi connectivity index (χ2n) is 4.52. The summed E-state index contributed by atoms with van der Waals surface area (Å²) in [4.78, 5) is 15.6. The minimum atomic E-state index is -0.149. The smallest absolute Gasteiger partial charge is 0.252 e. The van der Waals surface area contributed by atoms with Gasteiger partial charge in [0.15, 0.2) is 0 Å². The standard InChI is InChI=1S/C12H14Cl2N2O/c1-7(8-2-3-8)5-16-12(17)9-4-10(13)11(14)15-6-9/h4,6-8H,2-3,5H2,1H3,(H,16,17). The Balaban J connectivity index is 1.92. The van der Waals surface area contributed by atoms with E-state index in [0.29, 0.717) is 23.0 Å². The Morgan fingerprint density at radius 1 is 1.59 bits per heavy atom. The maximum Gasteiger partial charge on any atom is 0.252 e. The molecule has 1 aliphatic rings. The van der Waals surface area contributed by atoms with Crippen molar-refractivity contribution in [3.8, 4) is 0 Å². The second kappa shape index (κ2) is 5.23. The van der Waals surface area contributed by atoms with Gasteiger partial charge in [0, 0.05) is 12.7 Å². The van der Waals surface area contributed by atoms with E-state index in [0.717, 1.165) is 5.92 Å². The zero-order valence-electron chi connectivity index (χ0n) is 9.54. The van der Waals surface area contributed by atoms with Gasteiger partial charge in [0.25, 0.3) is 5.91 Å². The summed E-state index contributed by atoms with van der Waals surface area (Å²) in [5.74, 6) is 1.17. The molecule has 17 heavy (non-hydrogen) atoms. The highest BCUT2D eigenvalue weighted by Crippen LogP contribution is 2.36. The Kier molecular flexibility index (Phi) is 3.89. The van der Waals surface area contributed by atoms with E-state index in [1.54, 1.807) is 0 Å². The average molecular weight is 273 g/mol. The quantitative estimate of drug-likeness (QED) is 0.856. The SMILES string of the molecule is CC(CNC(=O)c1cnc(Cl)c(Cl)c1)C1CC1. The number of nitrogens with one attached hydrogen (secondary N) is 1. The van der Waals surface area contributed by atoms with Crippen LogP contribution in [0.15, 0.2) is 12.3 Å². The summed E-state index contributed by atoms with van der Waals surface area (Å²) in [7, 11) is 0. The molecule has 1 unspecified atom stereocenters. The molecule has 1 atom stereocenters. The summed E-state index contributed by atoms with van der Waals surface area (Å²) in [5, 5.41) is 3.40. The third-order valence-electron chi connectivity index (χ3n) is 3.07. The number of hydrogen-bond donors (Lipinski definition) is 1. The van der Waals surface area contributed by atoms with E-state index in [4.69, 9.17) is 23.2 Å². The van der Waals surface area contributed by atoms with Gasteiger partial charge in [-0.25, -0.2) is 4.98 Å². The van der Waals surface area contributed by atoms with E-state index in [1.807, 2.05) is 0 Å². The molecule has 3 nitrogen and oxygen atoms in total. The van der Waals surface area contributed by atoms with Crippen LogP contribution in [0.1, 0.15) is 30.1 Å². The minimum absolute atomic E-state index is 0.149. The van der Waals surface area contributed by atoms with Gasteiger partial charge in [-0.2, -0.15) is 0 Å². The molecule has 0 spiro atoms. The van der Waals surface area contributed by atoms with E-state index >= 15 is 0 Å². The lowest BCUT2D eigenvalue weighted by Gasteiger charge is -2.11. The number of rotatable bonds is 4. The number of amides is 1. The molecule has 1 fully saturated rings. The maximum atomic E-state index is 11.8. The number of carbonyl (C=O) groups excluding carboxylic acids is 1. The molecule has 1 N–H and O–H groups in total. The van der Waals surface area contributed by atoms with Gasteiger partial charge in [-0.05, 0) is 30.7 Å². The zero-order valence-corrected chi connectivity index (χ0v) is 11.1. The van der Waals surface area contributed by atoms with Gasteiger partial charge in [0.1, 0.15) is 5.15 Å². The molecular formula is C12H14Cl2N2O. The van der Waals surface area contributed by atoms with Gasteiger partial charge < -0.3 is 5.32 Å². The fourth-order valence-electron chi connectivity index (χ4n) is 1.73. The van der Waals surface area contributed by atoms with Crippen LogP contribution in [0, 0.1) is 11.8 Å². The van der Waals surface area contributed by atoms with Crippen molar-refractivity contribution >= 4 is 29.1 Å². The number of halogens is 2. The van der Waals surface area contributed by atoms with Gasteiger partial charge in [-0.15, -0.1) is 0 Å². The Bertz CT molecular complexity index is 433. The number of carbonyl (C=O) groups is 1. The molecule has 1 amide bonds. The van der Waals surface area contributed by atoms with Crippen LogP contribution >= 0.6 is 23.2 Å². The molecule has 0 aromatic carbocycles. The normalized spacial score (nSPS) is 16.6. The first-order valence-corrected chi connectivity index (χ1v) is 6.42. The largest absolute Gasteiger partial charge is 0.352 e. The van der Waals surface area contributed by atoms with E-state index in [1.165, 1.54) is 25.1 Å². The van der Waals surface area contributed by atoms with Crippen molar-refractivity contribution in [3.05, 3.63) is 28.0 Å². The molecule has 92 valence electrons. The van der Waals surface area contributed by atoms with Crippen molar-refractivity contribution in [2.45, 2.75) is 19.8 Å². The van der Waals surface area contributed by atoms with Gasteiger partial charge in [-0.3, -0.25) is 4.79 Å². The number of pyridine rings is 1. The number of aromatic nitrogens is 1. The molecule has 0 aliphatic heterocycles. The summed E-state index contributed by atoms with van der Waals surface area (Å²) in [5.41, 5.74) is 0.447. The molecule has 0 saturated heterocycles. The molecule has 1 heterocycles. The van der Waals surface area contributed by atoms with E-state index in [2.05, 4.69) is 17.2 Å². The monoisotopic (exact) mass is 272 g/mol. The number of nitrogens with zero attached hydrogens (tertiary/aromatic N) is 1. The molecule has 2 rings (SSSR count). The predicted molar refractivity (Wildman–Crippen MR) is 68.5 cm³/mol. The summed E-state index contributed by atoms with van der Waals surface area (Å²) in [6, 6.07) is 1.54. The highest BCUT2D eigenvalue weighted by atomic mass is 35.5. The molecule has 1 aromatic heterocycles. The molecular weight excluding hydrogens is 259 g/mol. The van der Waals surface area contributed by atoms with Crippen molar-refractivity contribution in [3.63, 3.8) is 0 Å². The third-order valence-corrected chi connectivity index (χ3v) is 3.76. The van der Waals surface area contributed by atoms with Crippen LogP contribution in [-0.4, -0.2) is 17.4 Å². The Hall–Kier alpha value is -0.800. The summed E-state index contributed by atoms with van der Waals surface area (Å²) in [6.45, 7) is 2.86. The highest BCUT2D eigenvalue weighted by Gasteiger charge is 2.27. The fraction of sp³-hybridized carbons (Fsp3) is 0.500. The fourth-order valence-corrected chi connectivity index (χ4v) is 2.00. The predicted octanol–water partition coefficient (Wildman–Crippen LogP) is 3.16.